The maximum atomic E-state index is 12.4. The molecule has 0 bridgehead atoms. The lowest BCUT2D eigenvalue weighted by Crippen LogP contribution is -2.37. The van der Waals surface area contributed by atoms with E-state index in [1.165, 1.54) is 34.8 Å². The van der Waals surface area contributed by atoms with E-state index in [1.807, 2.05) is 19.1 Å². The van der Waals surface area contributed by atoms with Gasteiger partial charge in [0.15, 0.2) is 5.82 Å². The summed E-state index contributed by atoms with van der Waals surface area (Å²) in [6.45, 7) is 8.42. The first-order chi connectivity index (χ1) is 12.8. The largest absolute Gasteiger partial charge is 0.352 e. The van der Waals surface area contributed by atoms with E-state index in [1.54, 1.807) is 0 Å². The van der Waals surface area contributed by atoms with Crippen LogP contribution < -0.4 is 11.2 Å². The molecule has 0 aliphatic heterocycles. The molecular formula is C20H29N5OS. The number of rotatable bonds is 5. The Hall–Kier alpha value is -2.02. The highest BCUT2D eigenvalue weighted by molar-refractivity contribution is 8.00. The predicted molar refractivity (Wildman–Crippen MR) is 110 cm³/mol. The smallest absolute Gasteiger partial charge is 0.233 e. The van der Waals surface area contributed by atoms with Crippen molar-refractivity contribution < 1.29 is 4.79 Å². The van der Waals surface area contributed by atoms with Crippen LogP contribution in [0.2, 0.25) is 0 Å². The van der Waals surface area contributed by atoms with Gasteiger partial charge in [-0.1, -0.05) is 69.6 Å². The standard InChI is InChI=1S/C20H29N5OS/c1-13(18(26)22-16-7-5-6-8-16)27-19-24-23-17(25(19)21)14-9-11-15(12-10-14)20(2,3)4/h9-13,16H,5-8,21H2,1-4H3,(H,22,26). The Kier molecular flexibility index (Phi) is 5.79. The molecule has 0 saturated heterocycles. The second-order valence-corrected chi connectivity index (χ2v) is 9.56. The molecule has 1 atom stereocenters. The molecule has 0 spiro atoms. The van der Waals surface area contributed by atoms with Gasteiger partial charge >= 0.3 is 0 Å². The van der Waals surface area contributed by atoms with Gasteiger partial charge in [0, 0.05) is 11.6 Å². The number of aromatic nitrogens is 3. The monoisotopic (exact) mass is 387 g/mol. The number of nitrogen functional groups attached to an aromatic ring is 1. The average molecular weight is 388 g/mol. The van der Waals surface area contributed by atoms with Gasteiger partial charge < -0.3 is 11.2 Å². The Morgan fingerprint density at radius 1 is 1.22 bits per heavy atom. The highest BCUT2D eigenvalue weighted by Crippen LogP contribution is 2.28. The summed E-state index contributed by atoms with van der Waals surface area (Å²) in [5.41, 5.74) is 2.26. The fourth-order valence-electron chi connectivity index (χ4n) is 3.27. The molecule has 1 unspecified atom stereocenters. The van der Waals surface area contributed by atoms with E-state index in [9.17, 15) is 4.79 Å². The Balaban J connectivity index is 1.68. The minimum atomic E-state index is -0.270. The Labute approximate surface area is 165 Å². The second-order valence-electron chi connectivity index (χ2n) is 8.25. The number of thioether (sulfide) groups is 1. The van der Waals surface area contributed by atoms with Gasteiger partial charge in [0.25, 0.3) is 0 Å². The van der Waals surface area contributed by atoms with E-state index >= 15 is 0 Å². The normalized spacial score (nSPS) is 16.4. The lowest BCUT2D eigenvalue weighted by molar-refractivity contribution is -0.120. The maximum absolute atomic E-state index is 12.4. The van der Waals surface area contributed by atoms with Crippen LogP contribution in [0.25, 0.3) is 11.4 Å². The third-order valence-corrected chi connectivity index (χ3v) is 6.08. The van der Waals surface area contributed by atoms with Crippen molar-refractivity contribution in [1.29, 1.82) is 0 Å². The summed E-state index contributed by atoms with van der Waals surface area (Å²) in [7, 11) is 0. The first kappa shape index (κ1) is 19.7. The van der Waals surface area contributed by atoms with E-state index in [2.05, 4.69) is 48.4 Å². The van der Waals surface area contributed by atoms with Gasteiger partial charge in [0.05, 0.1) is 5.25 Å². The zero-order valence-corrected chi connectivity index (χ0v) is 17.3. The quantitative estimate of drug-likeness (QED) is 0.606. The highest BCUT2D eigenvalue weighted by Gasteiger charge is 2.24. The molecule has 1 fully saturated rings. The van der Waals surface area contributed by atoms with Gasteiger partial charge in [-0.15, -0.1) is 10.2 Å². The van der Waals surface area contributed by atoms with E-state index in [0.717, 1.165) is 18.4 Å². The van der Waals surface area contributed by atoms with E-state index < -0.39 is 0 Å². The summed E-state index contributed by atoms with van der Waals surface area (Å²) < 4.78 is 1.47. The van der Waals surface area contributed by atoms with Crippen molar-refractivity contribution in [1.82, 2.24) is 20.2 Å². The lowest BCUT2D eigenvalue weighted by atomic mass is 9.87. The Morgan fingerprint density at radius 2 is 1.85 bits per heavy atom. The molecular weight excluding hydrogens is 358 g/mol. The Morgan fingerprint density at radius 3 is 2.44 bits per heavy atom. The fraction of sp³-hybridized carbons (Fsp3) is 0.550. The van der Waals surface area contributed by atoms with Crippen LogP contribution in [0, 0.1) is 0 Å². The average Bonchev–Trinajstić information content (AvgIpc) is 3.25. The van der Waals surface area contributed by atoms with Crippen LogP contribution in [0.15, 0.2) is 29.4 Å². The number of hydrogen-bond acceptors (Lipinski definition) is 5. The van der Waals surface area contributed by atoms with Gasteiger partial charge in [0.1, 0.15) is 0 Å². The Bertz CT molecular complexity index is 788. The summed E-state index contributed by atoms with van der Waals surface area (Å²) in [6.07, 6.45) is 4.54. The molecule has 3 rings (SSSR count). The molecule has 6 nitrogen and oxygen atoms in total. The van der Waals surface area contributed by atoms with Crippen molar-refractivity contribution in [2.75, 3.05) is 5.84 Å². The van der Waals surface area contributed by atoms with Crippen molar-refractivity contribution in [3.8, 4) is 11.4 Å². The lowest BCUT2D eigenvalue weighted by Gasteiger charge is -2.19. The van der Waals surface area contributed by atoms with Gasteiger partial charge in [-0.25, -0.2) is 4.68 Å². The number of hydrogen-bond donors (Lipinski definition) is 2. The van der Waals surface area contributed by atoms with Crippen molar-refractivity contribution in [3.05, 3.63) is 29.8 Å². The number of nitrogens with two attached hydrogens (primary N) is 1. The highest BCUT2D eigenvalue weighted by atomic mass is 32.2. The minimum Gasteiger partial charge on any atom is -0.352 e. The zero-order chi connectivity index (χ0) is 19.6. The van der Waals surface area contributed by atoms with Crippen molar-refractivity contribution in [3.63, 3.8) is 0 Å². The van der Waals surface area contributed by atoms with Gasteiger partial charge in [-0.3, -0.25) is 4.79 Å². The fourth-order valence-corrected chi connectivity index (χ4v) is 4.05. The predicted octanol–water partition coefficient (Wildman–Crippen LogP) is 3.50. The van der Waals surface area contributed by atoms with E-state index in [-0.39, 0.29) is 16.6 Å². The van der Waals surface area contributed by atoms with Gasteiger partial charge in [-0.05, 0) is 30.7 Å². The van der Waals surface area contributed by atoms with E-state index in [4.69, 9.17) is 5.84 Å². The number of carbonyl (C=O) groups is 1. The van der Waals surface area contributed by atoms with Crippen molar-refractivity contribution in [2.45, 2.75) is 75.2 Å². The van der Waals surface area contributed by atoms with Gasteiger partial charge in [-0.2, -0.15) is 0 Å². The van der Waals surface area contributed by atoms with Crippen LogP contribution in [0.1, 0.15) is 58.9 Å². The van der Waals surface area contributed by atoms with Crippen LogP contribution in [-0.4, -0.2) is 32.1 Å². The molecule has 1 amide bonds. The third-order valence-electron chi connectivity index (χ3n) is 5.03. The number of nitrogens with one attached hydrogen (secondary N) is 1. The van der Waals surface area contributed by atoms with Crippen LogP contribution in [0.5, 0.6) is 0 Å². The summed E-state index contributed by atoms with van der Waals surface area (Å²) in [5, 5.41) is 11.8. The number of nitrogens with zero attached hydrogens (tertiary/aromatic N) is 3. The molecule has 1 aliphatic carbocycles. The molecule has 1 heterocycles. The molecule has 1 aromatic heterocycles. The van der Waals surface area contributed by atoms with Crippen molar-refractivity contribution in [2.24, 2.45) is 0 Å². The first-order valence-corrected chi connectivity index (χ1v) is 10.4. The third kappa shape index (κ3) is 4.64. The first-order valence-electron chi connectivity index (χ1n) is 9.54. The minimum absolute atomic E-state index is 0.0333. The van der Waals surface area contributed by atoms with Crippen LogP contribution in [-0.2, 0) is 10.2 Å². The zero-order valence-electron chi connectivity index (χ0n) is 16.5. The topological polar surface area (TPSA) is 85.8 Å². The molecule has 27 heavy (non-hydrogen) atoms. The number of benzene rings is 1. The van der Waals surface area contributed by atoms with Crippen LogP contribution >= 0.6 is 11.8 Å². The molecule has 1 aromatic carbocycles. The summed E-state index contributed by atoms with van der Waals surface area (Å²) >= 11 is 1.34. The molecule has 3 N–H and O–H groups in total. The van der Waals surface area contributed by atoms with E-state index in [0.29, 0.717) is 17.0 Å². The summed E-state index contributed by atoms with van der Waals surface area (Å²) in [5.74, 6) is 6.84. The molecule has 2 aromatic rings. The molecule has 146 valence electrons. The maximum Gasteiger partial charge on any atom is 0.233 e. The molecule has 0 radical (unpaired) electrons. The summed E-state index contributed by atoms with van der Waals surface area (Å²) in [6, 6.07) is 8.52. The van der Waals surface area contributed by atoms with Gasteiger partial charge in [0.2, 0.25) is 11.1 Å². The number of carbonyl (C=O) groups excluding carboxylic acids is 1. The molecule has 1 saturated carbocycles. The second kappa shape index (κ2) is 7.92. The molecule has 7 heteroatoms. The van der Waals surface area contributed by atoms with Crippen molar-refractivity contribution >= 4 is 17.7 Å². The summed E-state index contributed by atoms with van der Waals surface area (Å²) in [4.78, 5) is 12.4. The van der Waals surface area contributed by atoms with Crippen LogP contribution in [0.4, 0.5) is 0 Å². The molecule has 1 aliphatic rings. The number of amides is 1. The SMILES string of the molecule is CC(Sc1nnc(-c2ccc(C(C)(C)C)cc2)n1N)C(=O)NC1CCCC1. The van der Waals surface area contributed by atoms with Crippen LogP contribution in [0.3, 0.4) is 0 Å².